The Hall–Kier alpha value is -0.200. The van der Waals surface area contributed by atoms with Gasteiger partial charge in [0, 0.05) is 6.54 Å². The van der Waals surface area contributed by atoms with Crippen LogP contribution in [0, 0.1) is 5.92 Å². The minimum absolute atomic E-state index is 0.145. The molecule has 16 heavy (non-hydrogen) atoms. The second-order valence-corrected chi connectivity index (χ2v) is 4.96. The van der Waals surface area contributed by atoms with Crippen LogP contribution in [0.5, 0.6) is 0 Å². The molecular weight excluding hydrogens is 210 g/mol. The van der Waals surface area contributed by atoms with Gasteiger partial charge >= 0.3 is 0 Å². The molecule has 5 nitrogen and oxygen atoms in total. The van der Waals surface area contributed by atoms with Gasteiger partial charge in [0.25, 0.3) is 0 Å². The van der Waals surface area contributed by atoms with E-state index in [9.17, 15) is 20.4 Å². The molecular formula is C11H21NO4. The van der Waals surface area contributed by atoms with Gasteiger partial charge in [-0.1, -0.05) is 13.3 Å². The lowest BCUT2D eigenvalue weighted by Gasteiger charge is -2.22. The summed E-state index contributed by atoms with van der Waals surface area (Å²) in [7, 11) is 0. The van der Waals surface area contributed by atoms with E-state index in [0.717, 1.165) is 12.8 Å². The molecule has 0 saturated carbocycles. The fourth-order valence-corrected chi connectivity index (χ4v) is 3.20. The standard InChI is InChI=1S/C11H21NO4/c1-2-3-6-4-12-7(5-13)10(15)11(16)8(12)9(6)14/h6-11,13-16H,2-5H2,1H3/t6-,7+,8+,9+,10+,11+/m0/s1. The second kappa shape index (κ2) is 4.58. The number of fused-ring (bicyclic) bond motifs is 1. The Bertz CT molecular complexity index is 250. The zero-order valence-corrected chi connectivity index (χ0v) is 9.53. The first-order valence-corrected chi connectivity index (χ1v) is 6.02. The van der Waals surface area contributed by atoms with E-state index in [4.69, 9.17) is 0 Å². The van der Waals surface area contributed by atoms with Gasteiger partial charge in [0.2, 0.25) is 0 Å². The van der Waals surface area contributed by atoms with Crippen molar-refractivity contribution in [2.24, 2.45) is 5.92 Å². The molecule has 0 bridgehead atoms. The summed E-state index contributed by atoms with van der Waals surface area (Å²) in [5, 5.41) is 38.9. The molecule has 0 unspecified atom stereocenters. The Morgan fingerprint density at radius 3 is 2.38 bits per heavy atom. The summed E-state index contributed by atoms with van der Waals surface area (Å²) in [4.78, 5) is 1.86. The summed E-state index contributed by atoms with van der Waals surface area (Å²) < 4.78 is 0. The third-order valence-corrected chi connectivity index (χ3v) is 4.03. The molecule has 2 saturated heterocycles. The van der Waals surface area contributed by atoms with Gasteiger partial charge in [-0.3, -0.25) is 4.90 Å². The third-order valence-electron chi connectivity index (χ3n) is 4.03. The van der Waals surface area contributed by atoms with Crippen LogP contribution in [0.25, 0.3) is 0 Å². The van der Waals surface area contributed by atoms with E-state index in [0.29, 0.717) is 6.54 Å². The molecule has 94 valence electrons. The first-order valence-electron chi connectivity index (χ1n) is 6.02. The summed E-state index contributed by atoms with van der Waals surface area (Å²) in [5.74, 6) is 0.145. The first kappa shape index (κ1) is 12.3. The van der Waals surface area contributed by atoms with E-state index in [2.05, 4.69) is 6.92 Å². The monoisotopic (exact) mass is 231 g/mol. The highest BCUT2D eigenvalue weighted by molar-refractivity contribution is 5.09. The molecule has 0 aliphatic carbocycles. The normalized spacial score (nSPS) is 48.6. The van der Waals surface area contributed by atoms with Gasteiger partial charge < -0.3 is 20.4 Å². The minimum Gasteiger partial charge on any atom is -0.395 e. The molecule has 0 aromatic rings. The maximum absolute atomic E-state index is 10.1. The molecule has 2 fully saturated rings. The molecule has 0 aromatic carbocycles. The molecule has 0 aromatic heterocycles. The summed E-state index contributed by atoms with van der Waals surface area (Å²) in [5.41, 5.74) is 0. The van der Waals surface area contributed by atoms with Crippen molar-refractivity contribution >= 4 is 0 Å². The molecule has 2 aliphatic rings. The fourth-order valence-electron chi connectivity index (χ4n) is 3.20. The predicted molar refractivity (Wildman–Crippen MR) is 57.8 cm³/mol. The second-order valence-electron chi connectivity index (χ2n) is 4.96. The Morgan fingerprint density at radius 2 is 1.81 bits per heavy atom. The van der Waals surface area contributed by atoms with Gasteiger partial charge in [0.15, 0.2) is 0 Å². The summed E-state index contributed by atoms with van der Waals surface area (Å²) in [6.45, 7) is 2.53. The Balaban J connectivity index is 2.13. The van der Waals surface area contributed by atoms with E-state index < -0.39 is 30.4 Å². The van der Waals surface area contributed by atoms with Crippen molar-refractivity contribution in [3.8, 4) is 0 Å². The van der Waals surface area contributed by atoms with Crippen molar-refractivity contribution in [2.75, 3.05) is 13.2 Å². The highest BCUT2D eigenvalue weighted by Gasteiger charge is 2.55. The van der Waals surface area contributed by atoms with Crippen LogP contribution in [0.2, 0.25) is 0 Å². The van der Waals surface area contributed by atoms with Crippen molar-refractivity contribution in [3.63, 3.8) is 0 Å². The number of aliphatic hydroxyl groups is 4. The van der Waals surface area contributed by atoms with Gasteiger partial charge in [-0.15, -0.1) is 0 Å². The smallest absolute Gasteiger partial charge is 0.0995 e. The van der Waals surface area contributed by atoms with Crippen molar-refractivity contribution in [2.45, 2.75) is 50.2 Å². The zero-order chi connectivity index (χ0) is 11.9. The quantitative estimate of drug-likeness (QED) is 0.477. The Morgan fingerprint density at radius 1 is 1.12 bits per heavy atom. The number of rotatable bonds is 3. The molecule has 0 spiro atoms. The predicted octanol–water partition coefficient (Wildman–Crippen LogP) is -1.46. The van der Waals surface area contributed by atoms with Crippen molar-refractivity contribution in [3.05, 3.63) is 0 Å². The summed E-state index contributed by atoms with van der Waals surface area (Å²) in [6.07, 6.45) is -0.595. The largest absolute Gasteiger partial charge is 0.395 e. The van der Waals surface area contributed by atoms with Crippen LogP contribution in [-0.2, 0) is 0 Å². The van der Waals surface area contributed by atoms with Gasteiger partial charge in [-0.2, -0.15) is 0 Å². The molecule has 0 amide bonds. The Labute approximate surface area is 95.3 Å². The topological polar surface area (TPSA) is 84.2 Å². The van der Waals surface area contributed by atoms with Crippen molar-refractivity contribution < 1.29 is 20.4 Å². The van der Waals surface area contributed by atoms with E-state index in [1.54, 1.807) is 0 Å². The average molecular weight is 231 g/mol. The van der Waals surface area contributed by atoms with E-state index in [1.807, 2.05) is 4.90 Å². The van der Waals surface area contributed by atoms with E-state index in [-0.39, 0.29) is 12.5 Å². The minimum atomic E-state index is -0.952. The zero-order valence-electron chi connectivity index (χ0n) is 9.53. The van der Waals surface area contributed by atoms with E-state index in [1.165, 1.54) is 0 Å². The number of hydrogen-bond donors (Lipinski definition) is 4. The third kappa shape index (κ3) is 1.67. The SMILES string of the molecule is CCC[C@H]1CN2[C@H]([C@@H]1O)[C@@H](O)[C@H](O)[C@H]2CO. The molecule has 5 heteroatoms. The van der Waals surface area contributed by atoms with Crippen LogP contribution in [0.4, 0.5) is 0 Å². The number of hydrogen-bond acceptors (Lipinski definition) is 5. The van der Waals surface area contributed by atoms with Crippen molar-refractivity contribution in [1.82, 2.24) is 4.90 Å². The molecule has 2 heterocycles. The number of aliphatic hydroxyl groups excluding tert-OH is 4. The summed E-state index contributed by atoms with van der Waals surface area (Å²) in [6, 6.07) is -0.847. The number of nitrogens with zero attached hydrogens (tertiary/aromatic N) is 1. The van der Waals surface area contributed by atoms with E-state index >= 15 is 0 Å². The van der Waals surface area contributed by atoms with Crippen LogP contribution in [0.1, 0.15) is 19.8 Å². The molecule has 2 rings (SSSR count). The average Bonchev–Trinajstić information content (AvgIpc) is 2.68. The van der Waals surface area contributed by atoms with Crippen LogP contribution < -0.4 is 0 Å². The van der Waals surface area contributed by atoms with Crippen LogP contribution in [0.15, 0.2) is 0 Å². The molecule has 2 aliphatic heterocycles. The first-order chi connectivity index (χ1) is 7.61. The highest BCUT2D eigenvalue weighted by Crippen LogP contribution is 2.37. The Kier molecular flexibility index (Phi) is 3.51. The lowest BCUT2D eigenvalue weighted by atomic mass is 9.93. The van der Waals surface area contributed by atoms with Gasteiger partial charge in [-0.05, 0) is 12.3 Å². The van der Waals surface area contributed by atoms with Crippen LogP contribution >= 0.6 is 0 Å². The molecule has 0 radical (unpaired) electrons. The fraction of sp³-hybridized carbons (Fsp3) is 1.00. The summed E-state index contributed by atoms with van der Waals surface area (Å²) >= 11 is 0. The van der Waals surface area contributed by atoms with Gasteiger partial charge in [-0.25, -0.2) is 0 Å². The van der Waals surface area contributed by atoms with Gasteiger partial charge in [0.05, 0.1) is 37.0 Å². The maximum atomic E-state index is 10.1. The van der Waals surface area contributed by atoms with Crippen LogP contribution in [0.3, 0.4) is 0 Å². The highest BCUT2D eigenvalue weighted by atomic mass is 16.3. The maximum Gasteiger partial charge on any atom is 0.0995 e. The van der Waals surface area contributed by atoms with Crippen molar-refractivity contribution in [1.29, 1.82) is 0 Å². The van der Waals surface area contributed by atoms with Crippen LogP contribution in [-0.4, -0.2) is 68.9 Å². The lowest BCUT2D eigenvalue weighted by molar-refractivity contribution is -0.00991. The molecule has 4 N–H and O–H groups in total. The lowest BCUT2D eigenvalue weighted by Crippen LogP contribution is -2.40. The van der Waals surface area contributed by atoms with Gasteiger partial charge in [0.1, 0.15) is 0 Å². The molecule has 6 atom stereocenters.